The van der Waals surface area contributed by atoms with Crippen LogP contribution in [0.15, 0.2) is 56.8 Å². The number of carbonyl (C=O) groups is 2. The molecule has 0 atom stereocenters. The molecule has 172 valence electrons. The molecule has 1 aliphatic heterocycles. The van der Waals surface area contributed by atoms with Crippen LogP contribution in [0.3, 0.4) is 0 Å². The molecule has 0 aromatic heterocycles. The van der Waals surface area contributed by atoms with Gasteiger partial charge in [0.25, 0.3) is 11.8 Å². The van der Waals surface area contributed by atoms with Gasteiger partial charge in [0.1, 0.15) is 17.3 Å². The Bertz CT molecular complexity index is 1130. The summed E-state index contributed by atoms with van der Waals surface area (Å²) in [5.41, 5.74) is 6.12. The molecule has 9 heteroatoms. The van der Waals surface area contributed by atoms with Gasteiger partial charge in [-0.05, 0) is 76.4 Å². The second kappa shape index (κ2) is 10.5. The summed E-state index contributed by atoms with van der Waals surface area (Å²) in [5, 5.41) is 0.503. The maximum Gasteiger partial charge on any atom is 0.267 e. The standard InChI is InChI=1S/C24H23BrFN3O3S/c25-17-12-15(10-11-20(17)32-14-22(27)30)13-21-23(31)29(16-6-2-1-3-7-16)24(33-21)28-19-9-5-4-8-18(19)26/h4-5,8-13,16H,1-3,6-7,14H2,(H2,27,30)/b21-13-,28-24?. The Morgan fingerprint density at radius 3 is 2.70 bits per heavy atom. The molecular formula is C24H23BrFN3O3S. The zero-order valence-corrected chi connectivity index (χ0v) is 20.2. The number of nitrogens with zero attached hydrogens (tertiary/aromatic N) is 2. The minimum atomic E-state index is -0.564. The van der Waals surface area contributed by atoms with Crippen molar-refractivity contribution in [3.05, 3.63) is 63.2 Å². The van der Waals surface area contributed by atoms with E-state index in [1.54, 1.807) is 47.4 Å². The number of rotatable bonds is 6. The molecule has 2 aromatic rings. The molecule has 1 aliphatic carbocycles. The first-order chi connectivity index (χ1) is 15.9. The number of nitrogens with two attached hydrogens (primary N) is 1. The first kappa shape index (κ1) is 23.5. The van der Waals surface area contributed by atoms with E-state index in [1.165, 1.54) is 17.8 Å². The Labute approximate surface area is 204 Å². The van der Waals surface area contributed by atoms with Crippen molar-refractivity contribution in [2.75, 3.05) is 6.61 Å². The fraction of sp³-hybridized carbons (Fsp3) is 0.292. The average Bonchev–Trinajstić information content (AvgIpc) is 3.09. The number of amidine groups is 1. The zero-order valence-electron chi connectivity index (χ0n) is 17.8. The topological polar surface area (TPSA) is 85.0 Å². The van der Waals surface area contributed by atoms with Gasteiger partial charge in [-0.25, -0.2) is 9.38 Å². The number of benzene rings is 2. The Morgan fingerprint density at radius 1 is 1.24 bits per heavy atom. The molecule has 1 heterocycles. The minimum Gasteiger partial charge on any atom is -0.483 e. The minimum absolute atomic E-state index is 0.0616. The molecule has 0 radical (unpaired) electrons. The number of primary amides is 1. The highest BCUT2D eigenvalue weighted by atomic mass is 79.9. The zero-order chi connectivity index (χ0) is 23.4. The van der Waals surface area contributed by atoms with E-state index in [0.29, 0.717) is 20.3 Å². The molecule has 33 heavy (non-hydrogen) atoms. The van der Waals surface area contributed by atoms with Crippen molar-refractivity contribution in [1.82, 2.24) is 4.90 Å². The molecule has 6 nitrogen and oxygen atoms in total. The highest BCUT2D eigenvalue weighted by molar-refractivity contribution is 9.10. The van der Waals surface area contributed by atoms with Crippen molar-refractivity contribution in [2.45, 2.75) is 38.1 Å². The van der Waals surface area contributed by atoms with Gasteiger partial charge in [-0.2, -0.15) is 0 Å². The van der Waals surface area contributed by atoms with E-state index >= 15 is 0 Å². The van der Waals surface area contributed by atoms with Crippen LogP contribution in [0.5, 0.6) is 5.75 Å². The van der Waals surface area contributed by atoms with Crippen molar-refractivity contribution in [2.24, 2.45) is 10.7 Å². The number of hydrogen-bond donors (Lipinski definition) is 1. The Kier molecular flexibility index (Phi) is 7.49. The lowest BCUT2D eigenvalue weighted by Gasteiger charge is -2.30. The molecular weight excluding hydrogens is 509 g/mol. The SMILES string of the molecule is NC(=O)COc1ccc(/C=C2\SC(=Nc3ccccc3F)N(C3CCCCC3)C2=O)cc1Br. The normalized spacial score (nSPS) is 19.5. The number of carbonyl (C=O) groups excluding carboxylic acids is 2. The number of ether oxygens (including phenoxy) is 1. The third-order valence-electron chi connectivity index (χ3n) is 5.47. The predicted molar refractivity (Wildman–Crippen MR) is 132 cm³/mol. The lowest BCUT2D eigenvalue weighted by molar-refractivity contribution is -0.124. The van der Waals surface area contributed by atoms with Crippen LogP contribution in [0.1, 0.15) is 37.7 Å². The van der Waals surface area contributed by atoms with Gasteiger partial charge < -0.3 is 10.5 Å². The summed E-state index contributed by atoms with van der Waals surface area (Å²) in [6.45, 7) is -0.223. The van der Waals surface area contributed by atoms with Crippen LogP contribution in [0.4, 0.5) is 10.1 Å². The number of hydrogen-bond acceptors (Lipinski definition) is 5. The van der Waals surface area contributed by atoms with Crippen LogP contribution in [0.2, 0.25) is 0 Å². The number of amides is 2. The van der Waals surface area contributed by atoms with Gasteiger partial charge in [-0.15, -0.1) is 0 Å². The van der Waals surface area contributed by atoms with Gasteiger partial charge in [0.05, 0.1) is 9.38 Å². The summed E-state index contributed by atoms with van der Waals surface area (Å²) in [5.74, 6) is -0.626. The largest absolute Gasteiger partial charge is 0.483 e. The van der Waals surface area contributed by atoms with Crippen LogP contribution in [-0.2, 0) is 9.59 Å². The van der Waals surface area contributed by atoms with E-state index in [1.807, 2.05) is 0 Å². The van der Waals surface area contributed by atoms with Crippen molar-refractivity contribution in [1.29, 1.82) is 0 Å². The first-order valence-electron chi connectivity index (χ1n) is 10.7. The van der Waals surface area contributed by atoms with Gasteiger partial charge in [0.15, 0.2) is 11.8 Å². The van der Waals surface area contributed by atoms with Crippen LogP contribution in [0.25, 0.3) is 6.08 Å². The molecule has 2 fully saturated rings. The van der Waals surface area contributed by atoms with Crippen molar-refractivity contribution in [3.63, 3.8) is 0 Å². The quantitative estimate of drug-likeness (QED) is 0.506. The molecule has 2 aliphatic rings. The molecule has 0 spiro atoms. The fourth-order valence-electron chi connectivity index (χ4n) is 3.90. The summed E-state index contributed by atoms with van der Waals surface area (Å²) in [4.78, 5) is 31.1. The second-order valence-electron chi connectivity index (χ2n) is 7.87. The monoisotopic (exact) mass is 531 g/mol. The van der Waals surface area contributed by atoms with E-state index in [-0.39, 0.29) is 24.2 Å². The summed E-state index contributed by atoms with van der Waals surface area (Å²) >= 11 is 4.68. The summed E-state index contributed by atoms with van der Waals surface area (Å²) in [6, 6.07) is 11.7. The van der Waals surface area contributed by atoms with E-state index in [9.17, 15) is 14.0 Å². The van der Waals surface area contributed by atoms with Crippen molar-refractivity contribution < 1.29 is 18.7 Å². The molecule has 1 saturated heterocycles. The van der Waals surface area contributed by atoms with Gasteiger partial charge in [0.2, 0.25) is 0 Å². The molecule has 2 amide bonds. The van der Waals surface area contributed by atoms with Crippen LogP contribution in [-0.4, -0.2) is 34.5 Å². The smallest absolute Gasteiger partial charge is 0.267 e. The van der Waals surface area contributed by atoms with Gasteiger partial charge >= 0.3 is 0 Å². The third-order valence-corrected chi connectivity index (χ3v) is 7.07. The maximum absolute atomic E-state index is 14.3. The number of thioether (sulfide) groups is 1. The van der Waals surface area contributed by atoms with Crippen LogP contribution in [0, 0.1) is 5.82 Å². The lowest BCUT2D eigenvalue weighted by Crippen LogP contribution is -2.40. The molecule has 4 rings (SSSR count). The van der Waals surface area contributed by atoms with Crippen LogP contribution < -0.4 is 10.5 Å². The Balaban J connectivity index is 1.64. The van der Waals surface area contributed by atoms with Gasteiger partial charge in [-0.3, -0.25) is 14.5 Å². The highest BCUT2D eigenvalue weighted by Crippen LogP contribution is 2.39. The van der Waals surface area contributed by atoms with E-state index in [0.717, 1.165) is 37.7 Å². The summed E-state index contributed by atoms with van der Waals surface area (Å²) in [6.07, 6.45) is 6.89. The maximum atomic E-state index is 14.3. The Morgan fingerprint density at radius 2 is 2.00 bits per heavy atom. The van der Waals surface area contributed by atoms with E-state index < -0.39 is 11.7 Å². The molecule has 2 N–H and O–H groups in total. The van der Waals surface area contributed by atoms with Crippen LogP contribution >= 0.6 is 27.7 Å². The number of para-hydroxylation sites is 1. The van der Waals surface area contributed by atoms with Gasteiger partial charge in [-0.1, -0.05) is 37.5 Å². The summed E-state index contributed by atoms with van der Waals surface area (Å²) < 4.78 is 20.3. The first-order valence-corrected chi connectivity index (χ1v) is 12.3. The highest BCUT2D eigenvalue weighted by Gasteiger charge is 2.38. The van der Waals surface area contributed by atoms with E-state index in [4.69, 9.17) is 10.5 Å². The molecule has 0 bridgehead atoms. The molecule has 0 unspecified atom stereocenters. The third kappa shape index (κ3) is 5.65. The predicted octanol–water partition coefficient (Wildman–Crippen LogP) is 5.39. The lowest BCUT2D eigenvalue weighted by atomic mass is 9.94. The van der Waals surface area contributed by atoms with Crippen molar-refractivity contribution >= 4 is 56.4 Å². The number of halogens is 2. The molecule has 2 aromatic carbocycles. The Hall–Kier alpha value is -2.65. The van der Waals surface area contributed by atoms with Crippen molar-refractivity contribution in [3.8, 4) is 5.75 Å². The average molecular weight is 532 g/mol. The second-order valence-corrected chi connectivity index (χ2v) is 9.73. The molecule has 1 saturated carbocycles. The number of aliphatic imine (C=N–C) groups is 1. The van der Waals surface area contributed by atoms with E-state index in [2.05, 4.69) is 20.9 Å². The fourth-order valence-corrected chi connectivity index (χ4v) is 5.46. The van der Waals surface area contributed by atoms with Gasteiger partial charge in [0, 0.05) is 6.04 Å². The summed E-state index contributed by atoms with van der Waals surface area (Å²) in [7, 11) is 0.